The van der Waals surface area contributed by atoms with Gasteiger partial charge in [0.2, 0.25) is 5.89 Å². The van der Waals surface area contributed by atoms with Crippen LogP contribution in [-0.4, -0.2) is 47.0 Å². The highest BCUT2D eigenvalue weighted by molar-refractivity contribution is 6.30. The monoisotopic (exact) mass is 425 g/mol. The lowest BCUT2D eigenvalue weighted by molar-refractivity contribution is 0.0299. The van der Waals surface area contributed by atoms with Gasteiger partial charge in [0.1, 0.15) is 6.26 Å². The second-order valence-electron chi connectivity index (χ2n) is 7.29. The van der Waals surface area contributed by atoms with Gasteiger partial charge in [-0.15, -0.1) is 0 Å². The molecule has 0 saturated carbocycles. The molecule has 0 aliphatic carbocycles. The van der Waals surface area contributed by atoms with E-state index in [0.717, 1.165) is 12.1 Å². The minimum atomic E-state index is -0.113. The van der Waals surface area contributed by atoms with Crippen molar-refractivity contribution in [3.8, 4) is 0 Å². The van der Waals surface area contributed by atoms with Crippen molar-refractivity contribution < 1.29 is 13.9 Å². The quantitative estimate of drug-likeness (QED) is 0.572. The molecule has 6 nitrogen and oxygen atoms in total. The molecule has 0 N–H and O–H groups in total. The number of halogens is 1. The van der Waals surface area contributed by atoms with Crippen molar-refractivity contribution in [2.24, 2.45) is 0 Å². The number of hydrogen-bond donors (Lipinski definition) is 0. The van der Waals surface area contributed by atoms with E-state index in [-0.39, 0.29) is 5.91 Å². The van der Waals surface area contributed by atoms with Crippen LogP contribution in [0, 0.1) is 0 Å². The van der Waals surface area contributed by atoms with Gasteiger partial charge < -0.3 is 14.1 Å². The molecule has 1 aromatic heterocycles. The number of morpholine rings is 1. The minimum absolute atomic E-state index is 0.113. The molecule has 0 atom stereocenters. The van der Waals surface area contributed by atoms with E-state index < -0.39 is 0 Å². The van der Waals surface area contributed by atoms with E-state index in [2.05, 4.69) is 22.0 Å². The molecule has 0 spiro atoms. The molecular formula is C23H24ClN3O3. The normalized spacial score (nSPS) is 14.3. The summed E-state index contributed by atoms with van der Waals surface area (Å²) in [4.78, 5) is 21.1. The fourth-order valence-corrected chi connectivity index (χ4v) is 3.72. The van der Waals surface area contributed by atoms with Crippen LogP contribution in [0.25, 0.3) is 0 Å². The molecule has 1 aliphatic rings. The Bertz CT molecular complexity index is 971. The maximum Gasteiger partial charge on any atom is 0.275 e. The van der Waals surface area contributed by atoms with Crippen molar-refractivity contribution in [3.05, 3.63) is 88.6 Å². The Morgan fingerprint density at radius 2 is 1.73 bits per heavy atom. The van der Waals surface area contributed by atoms with Crippen LogP contribution >= 0.6 is 11.6 Å². The maximum atomic E-state index is 12.6. The largest absolute Gasteiger partial charge is 0.447 e. The molecule has 1 amide bonds. The zero-order chi connectivity index (χ0) is 20.8. The SMILES string of the molecule is O=C(c1coc(CN(Cc2ccccc2)Cc2cccc(Cl)c2)n1)N1CCOCC1. The lowest BCUT2D eigenvalue weighted by Crippen LogP contribution is -2.40. The number of oxazole rings is 1. The Morgan fingerprint density at radius 3 is 2.50 bits per heavy atom. The van der Waals surface area contributed by atoms with Crippen molar-refractivity contribution in [1.29, 1.82) is 0 Å². The molecule has 3 aromatic rings. The van der Waals surface area contributed by atoms with Crippen LogP contribution in [0.15, 0.2) is 65.3 Å². The van der Waals surface area contributed by atoms with Crippen molar-refractivity contribution in [1.82, 2.24) is 14.8 Å². The molecule has 2 heterocycles. The number of benzene rings is 2. The van der Waals surface area contributed by atoms with Crippen molar-refractivity contribution in [2.45, 2.75) is 19.6 Å². The Labute approximate surface area is 181 Å². The third-order valence-corrected chi connectivity index (χ3v) is 5.21. The summed E-state index contributed by atoms with van der Waals surface area (Å²) >= 11 is 6.16. The summed E-state index contributed by atoms with van der Waals surface area (Å²) < 4.78 is 11.0. The molecule has 4 rings (SSSR count). The summed E-state index contributed by atoms with van der Waals surface area (Å²) in [6.45, 7) is 4.17. The van der Waals surface area contributed by atoms with Crippen molar-refractivity contribution >= 4 is 17.5 Å². The van der Waals surface area contributed by atoms with E-state index in [1.165, 1.54) is 11.8 Å². The molecule has 0 bridgehead atoms. The average molecular weight is 426 g/mol. The zero-order valence-corrected chi connectivity index (χ0v) is 17.4. The first-order valence-corrected chi connectivity index (χ1v) is 10.4. The standard InChI is InChI=1S/C23H24ClN3O3/c24-20-8-4-7-19(13-20)15-26(14-18-5-2-1-3-6-18)16-22-25-21(17-30-22)23(28)27-9-11-29-12-10-27/h1-8,13,17H,9-12,14-16H2. The minimum Gasteiger partial charge on any atom is -0.447 e. The summed E-state index contributed by atoms with van der Waals surface area (Å²) in [7, 11) is 0. The number of hydrogen-bond acceptors (Lipinski definition) is 5. The van der Waals surface area contributed by atoms with E-state index in [1.807, 2.05) is 42.5 Å². The molecule has 1 fully saturated rings. The lowest BCUT2D eigenvalue weighted by atomic mass is 10.1. The van der Waals surface area contributed by atoms with E-state index >= 15 is 0 Å². The predicted octanol–water partition coefficient (Wildman–Crippen LogP) is 4.00. The Morgan fingerprint density at radius 1 is 1.00 bits per heavy atom. The van der Waals surface area contributed by atoms with Crippen LogP contribution in [0.4, 0.5) is 0 Å². The highest BCUT2D eigenvalue weighted by atomic mass is 35.5. The number of aromatic nitrogens is 1. The summed E-state index contributed by atoms with van der Waals surface area (Å²) in [6, 6.07) is 18.1. The maximum absolute atomic E-state index is 12.6. The molecule has 1 saturated heterocycles. The summed E-state index contributed by atoms with van der Waals surface area (Å²) in [5.41, 5.74) is 2.64. The Kier molecular flexibility index (Phi) is 6.79. The predicted molar refractivity (Wildman–Crippen MR) is 114 cm³/mol. The first kappa shape index (κ1) is 20.6. The molecular weight excluding hydrogens is 402 g/mol. The van der Waals surface area contributed by atoms with Crippen molar-refractivity contribution in [3.63, 3.8) is 0 Å². The highest BCUT2D eigenvalue weighted by Crippen LogP contribution is 2.17. The summed E-state index contributed by atoms with van der Waals surface area (Å²) in [5.74, 6) is 0.405. The van der Waals surface area contributed by atoms with E-state index in [4.69, 9.17) is 20.8 Å². The van der Waals surface area contributed by atoms with Gasteiger partial charge in [0.15, 0.2) is 5.69 Å². The van der Waals surface area contributed by atoms with Gasteiger partial charge in [0, 0.05) is 31.2 Å². The van der Waals surface area contributed by atoms with Crippen LogP contribution in [0.2, 0.25) is 5.02 Å². The average Bonchev–Trinajstić information content (AvgIpc) is 3.23. The number of amides is 1. The number of carbonyl (C=O) groups is 1. The van der Waals surface area contributed by atoms with Gasteiger partial charge in [-0.3, -0.25) is 9.69 Å². The first-order chi connectivity index (χ1) is 14.7. The van der Waals surface area contributed by atoms with Gasteiger partial charge in [0.05, 0.1) is 19.8 Å². The van der Waals surface area contributed by atoms with Gasteiger partial charge >= 0.3 is 0 Å². The number of ether oxygens (including phenoxy) is 1. The third kappa shape index (κ3) is 5.48. The second kappa shape index (κ2) is 9.89. The first-order valence-electron chi connectivity index (χ1n) is 9.99. The van der Waals surface area contributed by atoms with Gasteiger partial charge in [-0.1, -0.05) is 54.1 Å². The number of rotatable bonds is 7. The van der Waals surface area contributed by atoms with E-state index in [9.17, 15) is 4.79 Å². The number of nitrogens with zero attached hydrogens (tertiary/aromatic N) is 3. The Balaban J connectivity index is 1.48. The van der Waals surface area contributed by atoms with Gasteiger partial charge in [-0.25, -0.2) is 4.98 Å². The van der Waals surface area contributed by atoms with Gasteiger partial charge in [-0.2, -0.15) is 0 Å². The molecule has 2 aromatic carbocycles. The van der Waals surface area contributed by atoms with E-state index in [1.54, 1.807) is 4.90 Å². The van der Waals surface area contributed by atoms with Crippen molar-refractivity contribution in [2.75, 3.05) is 26.3 Å². The molecule has 0 unspecified atom stereocenters. The fourth-order valence-electron chi connectivity index (χ4n) is 3.50. The highest BCUT2D eigenvalue weighted by Gasteiger charge is 2.22. The smallest absolute Gasteiger partial charge is 0.275 e. The topological polar surface area (TPSA) is 58.8 Å². The number of carbonyl (C=O) groups excluding carboxylic acids is 1. The van der Waals surface area contributed by atoms with Crippen LogP contribution < -0.4 is 0 Å². The molecule has 0 radical (unpaired) electrons. The molecule has 7 heteroatoms. The summed E-state index contributed by atoms with van der Waals surface area (Å²) in [5, 5.41) is 0.710. The molecule has 156 valence electrons. The van der Waals surface area contributed by atoms with Crippen LogP contribution in [0.3, 0.4) is 0 Å². The second-order valence-corrected chi connectivity index (χ2v) is 7.73. The fraction of sp³-hybridized carbons (Fsp3) is 0.304. The van der Waals surface area contributed by atoms with Crippen LogP contribution in [0.5, 0.6) is 0 Å². The van der Waals surface area contributed by atoms with Crippen LogP contribution in [0.1, 0.15) is 27.5 Å². The van der Waals surface area contributed by atoms with Gasteiger partial charge in [0.25, 0.3) is 5.91 Å². The Hall–Kier alpha value is -2.67. The van der Waals surface area contributed by atoms with Crippen LogP contribution in [-0.2, 0) is 24.4 Å². The zero-order valence-electron chi connectivity index (χ0n) is 16.7. The molecule has 30 heavy (non-hydrogen) atoms. The van der Waals surface area contributed by atoms with E-state index in [0.29, 0.717) is 56.0 Å². The van der Waals surface area contributed by atoms with Gasteiger partial charge in [-0.05, 0) is 23.3 Å². The third-order valence-electron chi connectivity index (χ3n) is 4.97. The molecule has 1 aliphatic heterocycles. The lowest BCUT2D eigenvalue weighted by Gasteiger charge is -2.25. The summed E-state index contributed by atoms with van der Waals surface area (Å²) in [6.07, 6.45) is 1.45.